The van der Waals surface area contributed by atoms with Crippen molar-refractivity contribution in [3.63, 3.8) is 0 Å². The minimum Gasteiger partial charge on any atom is -0.223 e. The van der Waals surface area contributed by atoms with E-state index in [0.717, 1.165) is 19.3 Å². The summed E-state index contributed by atoms with van der Waals surface area (Å²) in [5.74, 6) is 1.48. The number of hydrogen-bond donors (Lipinski definition) is 0. The van der Waals surface area contributed by atoms with Gasteiger partial charge in [0, 0.05) is 6.92 Å². The Labute approximate surface area is 107 Å². The molecule has 104 valence electrons. The van der Waals surface area contributed by atoms with E-state index in [1.807, 2.05) is 0 Å². The summed E-state index contributed by atoms with van der Waals surface area (Å²) in [6, 6.07) is 0. The van der Waals surface area contributed by atoms with Gasteiger partial charge in [-0.1, -0.05) is 0 Å². The summed E-state index contributed by atoms with van der Waals surface area (Å²) in [5, 5.41) is -3.59. The van der Waals surface area contributed by atoms with Crippen molar-refractivity contribution < 1.29 is 17.2 Å². The van der Waals surface area contributed by atoms with Gasteiger partial charge in [-0.25, -0.2) is 8.42 Å². The van der Waals surface area contributed by atoms with Crippen molar-refractivity contribution in [1.29, 1.82) is 0 Å². The van der Waals surface area contributed by atoms with E-state index in [9.17, 15) is 17.2 Å². The Morgan fingerprint density at radius 1 is 1.06 bits per heavy atom. The van der Waals surface area contributed by atoms with Crippen LogP contribution in [0.25, 0.3) is 0 Å². The van der Waals surface area contributed by atoms with Crippen LogP contribution in [0.3, 0.4) is 0 Å². The van der Waals surface area contributed by atoms with Gasteiger partial charge in [0.2, 0.25) is 9.84 Å². The monoisotopic (exact) mass is 278 g/mol. The van der Waals surface area contributed by atoms with Crippen LogP contribution in [-0.4, -0.2) is 19.4 Å². The largest absolute Gasteiger partial charge is 0.342 e. The molecule has 0 aromatic carbocycles. The summed E-state index contributed by atoms with van der Waals surface area (Å²) in [6.07, 6.45) is 6.16. The molecule has 4 aliphatic carbocycles. The third-order valence-corrected chi connectivity index (χ3v) is 7.29. The second kappa shape index (κ2) is 3.68. The lowest BCUT2D eigenvalue weighted by atomic mass is 9.50. The van der Waals surface area contributed by atoms with Gasteiger partial charge in [0.25, 0.3) is 0 Å². The Balaban J connectivity index is 1.85. The molecular formula is C13H20F2O2S. The fourth-order valence-corrected chi connectivity index (χ4v) is 6.41. The molecule has 0 spiro atoms. The number of alkyl halides is 2. The second-order valence-electron chi connectivity index (χ2n) is 6.98. The highest BCUT2D eigenvalue weighted by molar-refractivity contribution is 7.92. The standard InChI is InChI=1S/C13H20F2O2S/c1-12(14,15)18(16,17)8-13-5-9-2-10(6-13)4-11(3-9)7-13/h9-11H,2-8H2,1H3. The number of halogens is 2. The average Bonchev–Trinajstić information content (AvgIpc) is 2.10. The highest BCUT2D eigenvalue weighted by atomic mass is 32.2. The maximum absolute atomic E-state index is 13.2. The van der Waals surface area contributed by atoms with E-state index < -0.39 is 15.1 Å². The number of rotatable bonds is 3. The third-order valence-electron chi connectivity index (χ3n) is 5.21. The summed E-state index contributed by atoms with van der Waals surface area (Å²) in [7, 11) is -4.29. The lowest BCUT2D eigenvalue weighted by Gasteiger charge is -2.56. The highest BCUT2D eigenvalue weighted by Gasteiger charge is 2.55. The van der Waals surface area contributed by atoms with Crippen LogP contribution in [0, 0.1) is 23.2 Å². The normalized spacial score (nSPS) is 43.4. The molecule has 4 fully saturated rings. The quantitative estimate of drug-likeness (QED) is 0.794. The van der Waals surface area contributed by atoms with Gasteiger partial charge < -0.3 is 0 Å². The fraction of sp³-hybridized carbons (Fsp3) is 1.00. The van der Waals surface area contributed by atoms with Crippen LogP contribution in [0.1, 0.15) is 45.4 Å². The van der Waals surface area contributed by atoms with Gasteiger partial charge >= 0.3 is 5.25 Å². The van der Waals surface area contributed by atoms with Gasteiger partial charge in [0.1, 0.15) is 0 Å². The molecule has 5 heteroatoms. The zero-order valence-corrected chi connectivity index (χ0v) is 11.5. The van der Waals surface area contributed by atoms with Gasteiger partial charge in [-0.05, 0) is 61.7 Å². The number of sulfone groups is 1. The maximum atomic E-state index is 13.2. The maximum Gasteiger partial charge on any atom is 0.342 e. The minimum atomic E-state index is -4.29. The lowest BCUT2D eigenvalue weighted by molar-refractivity contribution is -0.0402. The van der Waals surface area contributed by atoms with E-state index in [-0.39, 0.29) is 11.2 Å². The topological polar surface area (TPSA) is 34.1 Å². The summed E-state index contributed by atoms with van der Waals surface area (Å²) in [5.41, 5.74) is -0.326. The summed E-state index contributed by atoms with van der Waals surface area (Å²) in [4.78, 5) is 0. The average molecular weight is 278 g/mol. The lowest BCUT2D eigenvalue weighted by Crippen LogP contribution is -2.50. The first-order valence-electron chi connectivity index (χ1n) is 6.79. The zero-order valence-electron chi connectivity index (χ0n) is 10.7. The van der Waals surface area contributed by atoms with Crippen molar-refractivity contribution in [1.82, 2.24) is 0 Å². The van der Waals surface area contributed by atoms with Gasteiger partial charge in [-0.2, -0.15) is 8.78 Å². The van der Waals surface area contributed by atoms with E-state index in [0.29, 0.717) is 24.7 Å². The van der Waals surface area contributed by atoms with E-state index in [1.165, 1.54) is 19.3 Å². The third kappa shape index (κ3) is 1.98. The second-order valence-corrected chi connectivity index (χ2v) is 9.22. The molecule has 4 aliphatic rings. The molecule has 0 N–H and O–H groups in total. The first kappa shape index (κ1) is 12.8. The fourth-order valence-electron chi connectivity index (χ4n) is 5.00. The Morgan fingerprint density at radius 2 is 1.44 bits per heavy atom. The molecule has 4 rings (SSSR count). The van der Waals surface area contributed by atoms with Gasteiger partial charge in [0.15, 0.2) is 0 Å². The van der Waals surface area contributed by atoms with Crippen LogP contribution in [0.15, 0.2) is 0 Å². The SMILES string of the molecule is CC(F)(F)S(=O)(=O)CC12CC3CC(CC(C3)C1)C2. The summed E-state index contributed by atoms with van der Waals surface area (Å²) < 4.78 is 50.0. The molecule has 0 aromatic heterocycles. The van der Waals surface area contributed by atoms with E-state index in [4.69, 9.17) is 0 Å². The molecule has 0 heterocycles. The predicted molar refractivity (Wildman–Crippen MR) is 65.0 cm³/mol. The number of hydrogen-bond acceptors (Lipinski definition) is 2. The minimum absolute atomic E-state index is 0.299. The zero-order chi connectivity index (χ0) is 13.2. The molecule has 0 aliphatic heterocycles. The van der Waals surface area contributed by atoms with Crippen molar-refractivity contribution in [3.8, 4) is 0 Å². The van der Waals surface area contributed by atoms with Crippen molar-refractivity contribution in [2.24, 2.45) is 23.2 Å². The Kier molecular flexibility index (Phi) is 2.62. The molecule has 0 atom stereocenters. The van der Waals surface area contributed by atoms with Crippen molar-refractivity contribution in [2.45, 2.75) is 50.7 Å². The highest BCUT2D eigenvalue weighted by Crippen LogP contribution is 2.60. The van der Waals surface area contributed by atoms with E-state index >= 15 is 0 Å². The van der Waals surface area contributed by atoms with Crippen LogP contribution in [-0.2, 0) is 9.84 Å². The molecule has 4 saturated carbocycles. The van der Waals surface area contributed by atoms with Crippen molar-refractivity contribution in [2.75, 3.05) is 5.75 Å². The molecule has 0 unspecified atom stereocenters. The molecule has 4 bridgehead atoms. The van der Waals surface area contributed by atoms with E-state index in [2.05, 4.69) is 0 Å². The first-order chi connectivity index (χ1) is 8.19. The van der Waals surface area contributed by atoms with Crippen molar-refractivity contribution in [3.05, 3.63) is 0 Å². The molecular weight excluding hydrogens is 258 g/mol. The molecule has 0 amide bonds. The van der Waals surface area contributed by atoms with Crippen LogP contribution >= 0.6 is 0 Å². The Bertz CT molecular complexity index is 415. The van der Waals surface area contributed by atoms with Crippen molar-refractivity contribution >= 4 is 9.84 Å². The summed E-state index contributed by atoms with van der Waals surface area (Å²) >= 11 is 0. The van der Waals surface area contributed by atoms with Crippen LogP contribution in [0.5, 0.6) is 0 Å². The predicted octanol–water partition coefficient (Wildman–Crippen LogP) is 3.23. The molecule has 0 saturated heterocycles. The first-order valence-corrected chi connectivity index (χ1v) is 8.44. The molecule has 0 radical (unpaired) electrons. The van der Waals surface area contributed by atoms with Crippen LogP contribution in [0.4, 0.5) is 8.78 Å². The Morgan fingerprint density at radius 3 is 1.78 bits per heavy atom. The Hall–Kier alpha value is -0.190. The van der Waals surface area contributed by atoms with Gasteiger partial charge in [0.05, 0.1) is 5.75 Å². The van der Waals surface area contributed by atoms with Gasteiger partial charge in [-0.3, -0.25) is 0 Å². The van der Waals surface area contributed by atoms with Crippen LogP contribution < -0.4 is 0 Å². The van der Waals surface area contributed by atoms with Crippen LogP contribution in [0.2, 0.25) is 0 Å². The molecule has 18 heavy (non-hydrogen) atoms. The molecule has 2 nitrogen and oxygen atoms in total. The van der Waals surface area contributed by atoms with E-state index in [1.54, 1.807) is 0 Å². The summed E-state index contributed by atoms with van der Waals surface area (Å²) in [6.45, 7) is 0.517. The van der Waals surface area contributed by atoms with Gasteiger partial charge in [-0.15, -0.1) is 0 Å². The smallest absolute Gasteiger partial charge is 0.223 e. The molecule has 0 aromatic rings.